The molecule has 1 fully saturated rings. The molecular formula is C16H25FN6O3. The summed E-state index contributed by atoms with van der Waals surface area (Å²) in [6.45, 7) is 5.72. The van der Waals surface area contributed by atoms with Crippen molar-refractivity contribution in [1.82, 2.24) is 15.6 Å². The maximum absolute atomic E-state index is 13.3. The van der Waals surface area contributed by atoms with Gasteiger partial charge >= 0.3 is 0 Å². The number of carbonyl (C=O) groups excluding carboxylic acids is 1. The highest BCUT2D eigenvalue weighted by Gasteiger charge is 2.37. The number of hydrogen-bond acceptors (Lipinski definition) is 8. The van der Waals surface area contributed by atoms with Crippen LogP contribution in [0.5, 0.6) is 5.75 Å². The van der Waals surface area contributed by atoms with Crippen LogP contribution < -0.4 is 26.4 Å². The summed E-state index contributed by atoms with van der Waals surface area (Å²) >= 11 is 0. The predicted octanol–water partition coefficient (Wildman–Crippen LogP) is 0.722. The molecule has 0 aliphatic carbocycles. The lowest BCUT2D eigenvalue weighted by molar-refractivity contribution is -0.122. The molecule has 1 aromatic heterocycles. The minimum Gasteiger partial charge on any atom is -0.486 e. The second-order valence-electron chi connectivity index (χ2n) is 7.09. The van der Waals surface area contributed by atoms with E-state index >= 15 is 0 Å². The Morgan fingerprint density at radius 3 is 2.69 bits per heavy atom. The predicted molar refractivity (Wildman–Crippen MR) is 95.2 cm³/mol. The number of nitrogens with one attached hydrogen (secondary N) is 3. The van der Waals surface area contributed by atoms with Gasteiger partial charge < -0.3 is 15.8 Å². The topological polar surface area (TPSA) is 131 Å². The van der Waals surface area contributed by atoms with Gasteiger partial charge in [0.05, 0.1) is 12.4 Å². The standard InChI is InChI=1S/C16H25FN6O3/c1-16(2,3)26-11-4-5-19-8-10(11)22-15(24)12(13(18)23-25)14-20-6-9(17)7-21-14/h4-5,8-9,12-14,20-21H,6-7,18H2,1-3H3,(H,22,24). The Morgan fingerprint density at radius 1 is 1.46 bits per heavy atom. The molecule has 2 heterocycles. The van der Waals surface area contributed by atoms with Crippen LogP contribution in [0.3, 0.4) is 0 Å². The van der Waals surface area contributed by atoms with Gasteiger partial charge in [-0.05, 0) is 20.8 Å². The quantitative estimate of drug-likeness (QED) is 0.544. The summed E-state index contributed by atoms with van der Waals surface area (Å²) in [5, 5.41) is 11.1. The highest BCUT2D eigenvalue weighted by atomic mass is 19.1. The van der Waals surface area contributed by atoms with Gasteiger partial charge in [-0.1, -0.05) is 5.18 Å². The molecule has 2 unspecified atom stereocenters. The molecule has 10 heteroatoms. The Bertz CT molecular complexity index is 631. The molecule has 1 aliphatic rings. The van der Waals surface area contributed by atoms with E-state index in [2.05, 4.69) is 26.1 Å². The lowest BCUT2D eigenvalue weighted by Crippen LogP contribution is -2.62. The van der Waals surface area contributed by atoms with Crippen molar-refractivity contribution >= 4 is 11.6 Å². The SMILES string of the molecule is CC(C)(C)Oc1ccncc1NC(=O)C(C(N)N=O)C1NCC(F)CN1. The molecule has 0 aromatic carbocycles. The highest BCUT2D eigenvalue weighted by Crippen LogP contribution is 2.27. The molecule has 2 atom stereocenters. The largest absolute Gasteiger partial charge is 0.486 e. The first kappa shape index (κ1) is 20.1. The number of ether oxygens (including phenoxy) is 1. The molecule has 1 saturated heterocycles. The van der Waals surface area contributed by atoms with E-state index in [-0.39, 0.29) is 13.1 Å². The fourth-order valence-electron chi connectivity index (χ4n) is 2.59. The summed E-state index contributed by atoms with van der Waals surface area (Å²) in [6.07, 6.45) is -0.0907. The van der Waals surface area contributed by atoms with Crippen LogP contribution in [0.1, 0.15) is 20.8 Å². The third-order valence-electron chi connectivity index (χ3n) is 3.73. The third-order valence-corrected chi connectivity index (χ3v) is 3.73. The van der Waals surface area contributed by atoms with Crippen LogP contribution in [0.4, 0.5) is 10.1 Å². The van der Waals surface area contributed by atoms with Crippen molar-refractivity contribution in [3.8, 4) is 5.75 Å². The molecule has 144 valence electrons. The van der Waals surface area contributed by atoms with Gasteiger partial charge in [0.1, 0.15) is 29.1 Å². The molecule has 26 heavy (non-hydrogen) atoms. The van der Waals surface area contributed by atoms with E-state index in [4.69, 9.17) is 10.5 Å². The van der Waals surface area contributed by atoms with E-state index < -0.39 is 35.9 Å². The smallest absolute Gasteiger partial charge is 0.234 e. The Balaban J connectivity index is 2.18. The van der Waals surface area contributed by atoms with Crippen molar-refractivity contribution in [2.75, 3.05) is 18.4 Å². The minimum absolute atomic E-state index is 0.0539. The second kappa shape index (κ2) is 8.47. The second-order valence-corrected chi connectivity index (χ2v) is 7.09. The minimum atomic E-state index is -1.31. The highest BCUT2D eigenvalue weighted by molar-refractivity contribution is 5.94. The molecule has 2 rings (SSSR count). The number of pyridine rings is 1. The van der Waals surface area contributed by atoms with Crippen molar-refractivity contribution in [2.24, 2.45) is 16.8 Å². The first-order chi connectivity index (χ1) is 12.2. The Hall–Kier alpha value is -2.17. The molecule has 1 amide bonds. The number of anilines is 1. The van der Waals surface area contributed by atoms with Crippen LogP contribution in [0.15, 0.2) is 23.6 Å². The Kier molecular flexibility index (Phi) is 6.57. The van der Waals surface area contributed by atoms with E-state index in [1.54, 1.807) is 12.3 Å². The molecule has 0 radical (unpaired) electrons. The summed E-state index contributed by atoms with van der Waals surface area (Å²) in [5.74, 6) is -1.16. The lowest BCUT2D eigenvalue weighted by atomic mass is 9.99. The molecule has 0 spiro atoms. The molecule has 1 aliphatic heterocycles. The van der Waals surface area contributed by atoms with Gasteiger partial charge in [-0.3, -0.25) is 20.4 Å². The van der Waals surface area contributed by atoms with E-state index in [0.717, 1.165) is 0 Å². The number of nitroso groups, excluding NO2 is 1. The number of hydrogen-bond donors (Lipinski definition) is 4. The number of aromatic nitrogens is 1. The number of rotatable bonds is 6. The van der Waals surface area contributed by atoms with Crippen LogP contribution >= 0.6 is 0 Å². The third kappa shape index (κ3) is 5.41. The van der Waals surface area contributed by atoms with E-state index in [0.29, 0.717) is 11.4 Å². The van der Waals surface area contributed by atoms with Crippen LogP contribution in [0.25, 0.3) is 0 Å². The van der Waals surface area contributed by atoms with Crippen LogP contribution in [-0.2, 0) is 4.79 Å². The fourth-order valence-corrected chi connectivity index (χ4v) is 2.59. The van der Waals surface area contributed by atoms with Gasteiger partial charge in [-0.15, -0.1) is 4.91 Å². The van der Waals surface area contributed by atoms with Gasteiger partial charge in [0.15, 0.2) is 6.17 Å². The average molecular weight is 368 g/mol. The van der Waals surface area contributed by atoms with Crippen molar-refractivity contribution in [2.45, 2.75) is 44.9 Å². The van der Waals surface area contributed by atoms with Crippen LogP contribution in [-0.4, -0.2) is 48.1 Å². The van der Waals surface area contributed by atoms with Crippen LogP contribution in [0.2, 0.25) is 0 Å². The maximum Gasteiger partial charge on any atom is 0.234 e. The van der Waals surface area contributed by atoms with Gasteiger partial charge in [0.2, 0.25) is 5.91 Å². The number of halogens is 1. The van der Waals surface area contributed by atoms with E-state index in [9.17, 15) is 14.1 Å². The summed E-state index contributed by atoms with van der Waals surface area (Å²) in [4.78, 5) is 27.7. The molecule has 1 aromatic rings. The number of nitrogens with two attached hydrogens (primary N) is 1. The molecular weight excluding hydrogens is 343 g/mol. The lowest BCUT2D eigenvalue weighted by Gasteiger charge is -2.33. The molecule has 0 bridgehead atoms. The van der Waals surface area contributed by atoms with Crippen molar-refractivity contribution < 1.29 is 13.9 Å². The maximum atomic E-state index is 13.3. The zero-order valence-corrected chi connectivity index (χ0v) is 15.0. The Morgan fingerprint density at radius 2 is 2.12 bits per heavy atom. The summed E-state index contributed by atoms with van der Waals surface area (Å²) in [7, 11) is 0. The summed E-state index contributed by atoms with van der Waals surface area (Å²) in [5.41, 5.74) is 5.58. The van der Waals surface area contributed by atoms with Gasteiger partial charge in [-0.2, -0.15) is 0 Å². The Labute approximate surface area is 151 Å². The average Bonchev–Trinajstić information content (AvgIpc) is 2.57. The first-order valence-corrected chi connectivity index (χ1v) is 8.34. The number of nitrogens with zero attached hydrogens (tertiary/aromatic N) is 2. The normalized spacial score (nSPS) is 23.0. The molecule has 9 nitrogen and oxygen atoms in total. The van der Waals surface area contributed by atoms with Crippen molar-refractivity contribution in [3.63, 3.8) is 0 Å². The summed E-state index contributed by atoms with van der Waals surface area (Å²) in [6, 6.07) is 1.62. The number of alkyl halides is 1. The van der Waals surface area contributed by atoms with E-state index in [1.165, 1.54) is 6.20 Å². The first-order valence-electron chi connectivity index (χ1n) is 8.34. The molecule has 0 saturated carbocycles. The number of amides is 1. The number of carbonyl (C=O) groups is 1. The molecule has 5 N–H and O–H groups in total. The van der Waals surface area contributed by atoms with E-state index in [1.807, 2.05) is 20.8 Å². The monoisotopic (exact) mass is 368 g/mol. The van der Waals surface area contributed by atoms with Crippen LogP contribution in [0, 0.1) is 10.8 Å². The van der Waals surface area contributed by atoms with Crippen molar-refractivity contribution in [1.29, 1.82) is 0 Å². The zero-order valence-electron chi connectivity index (χ0n) is 15.0. The fraction of sp³-hybridized carbons (Fsp3) is 0.625. The van der Waals surface area contributed by atoms with Gasteiger partial charge in [0, 0.05) is 25.4 Å². The zero-order chi connectivity index (χ0) is 19.3. The summed E-state index contributed by atoms with van der Waals surface area (Å²) < 4.78 is 19.1. The van der Waals surface area contributed by atoms with Gasteiger partial charge in [0.25, 0.3) is 0 Å². The van der Waals surface area contributed by atoms with Gasteiger partial charge in [-0.25, -0.2) is 4.39 Å². The van der Waals surface area contributed by atoms with Crippen molar-refractivity contribution in [3.05, 3.63) is 23.4 Å².